The standard InChI is InChI=1S/C20H26N2O4/c1-4-10-15-16-13-17(18(15)14-11-8-7-9-12-14)22(20(24)26-6-3)21(16)19(23)25-5-2/h4,7-9,11-12,15-18H,1,5-6,10,13H2,2-3H3/t15-,16?,17?,18-/m0/s1. The summed E-state index contributed by atoms with van der Waals surface area (Å²) in [4.78, 5) is 25.2. The molecule has 0 N–H and O–H groups in total. The minimum absolute atomic E-state index is 0.105. The van der Waals surface area contributed by atoms with Crippen molar-refractivity contribution in [2.45, 2.75) is 44.7 Å². The molecular weight excluding hydrogens is 332 g/mol. The monoisotopic (exact) mass is 358 g/mol. The first kappa shape index (κ1) is 18.3. The fourth-order valence-corrected chi connectivity index (χ4v) is 4.41. The van der Waals surface area contributed by atoms with E-state index in [9.17, 15) is 9.59 Å². The second-order valence-corrected chi connectivity index (χ2v) is 6.58. The molecule has 1 aliphatic heterocycles. The SMILES string of the molecule is C=CC[C@H]1C2CC([C@H]1c1ccccc1)N(C(=O)OCC)N2C(=O)OCC. The fraction of sp³-hybridized carbons (Fsp3) is 0.500. The third-order valence-electron chi connectivity index (χ3n) is 5.25. The quantitative estimate of drug-likeness (QED) is 0.748. The molecule has 26 heavy (non-hydrogen) atoms. The molecule has 1 aromatic rings. The lowest BCUT2D eigenvalue weighted by molar-refractivity contribution is -0.0597. The van der Waals surface area contributed by atoms with Gasteiger partial charge >= 0.3 is 12.2 Å². The lowest BCUT2D eigenvalue weighted by atomic mass is 9.82. The average Bonchev–Trinajstić information content (AvgIpc) is 3.19. The number of carbonyl (C=O) groups is 2. The third-order valence-corrected chi connectivity index (χ3v) is 5.25. The lowest BCUT2D eigenvalue weighted by Crippen LogP contribution is -2.58. The molecule has 0 spiro atoms. The second-order valence-electron chi connectivity index (χ2n) is 6.58. The van der Waals surface area contributed by atoms with Crippen molar-refractivity contribution in [1.29, 1.82) is 0 Å². The minimum Gasteiger partial charge on any atom is -0.448 e. The maximum Gasteiger partial charge on any atom is 0.429 e. The van der Waals surface area contributed by atoms with Crippen LogP contribution in [0.5, 0.6) is 0 Å². The van der Waals surface area contributed by atoms with E-state index >= 15 is 0 Å². The largest absolute Gasteiger partial charge is 0.448 e. The highest BCUT2D eigenvalue weighted by atomic mass is 16.6. The van der Waals surface area contributed by atoms with E-state index in [-0.39, 0.29) is 37.1 Å². The van der Waals surface area contributed by atoms with Crippen LogP contribution in [0, 0.1) is 5.92 Å². The van der Waals surface area contributed by atoms with Crippen LogP contribution in [0.2, 0.25) is 0 Å². The zero-order chi connectivity index (χ0) is 18.7. The van der Waals surface area contributed by atoms with Crippen LogP contribution >= 0.6 is 0 Å². The van der Waals surface area contributed by atoms with Gasteiger partial charge < -0.3 is 9.47 Å². The number of rotatable bonds is 5. The van der Waals surface area contributed by atoms with E-state index in [0.29, 0.717) is 0 Å². The van der Waals surface area contributed by atoms with Gasteiger partial charge in [-0.05, 0) is 38.2 Å². The number of ether oxygens (including phenoxy) is 2. The molecule has 0 aromatic heterocycles. The molecule has 140 valence electrons. The molecule has 1 aromatic carbocycles. The highest BCUT2D eigenvalue weighted by Crippen LogP contribution is 2.52. The molecule has 1 aliphatic carbocycles. The summed E-state index contributed by atoms with van der Waals surface area (Å²) < 4.78 is 10.4. The second kappa shape index (κ2) is 7.81. The number of hydrazine groups is 1. The van der Waals surface area contributed by atoms with Crippen LogP contribution in [-0.2, 0) is 9.47 Å². The van der Waals surface area contributed by atoms with Gasteiger partial charge in [0.15, 0.2) is 0 Å². The van der Waals surface area contributed by atoms with Gasteiger partial charge in [0.05, 0.1) is 25.3 Å². The molecule has 1 saturated heterocycles. The number of hydrogen-bond donors (Lipinski definition) is 0. The summed E-state index contributed by atoms with van der Waals surface area (Å²) in [5, 5.41) is 2.95. The smallest absolute Gasteiger partial charge is 0.429 e. The Bertz CT molecular complexity index is 663. The summed E-state index contributed by atoms with van der Waals surface area (Å²) >= 11 is 0. The van der Waals surface area contributed by atoms with Gasteiger partial charge in [0, 0.05) is 5.92 Å². The van der Waals surface area contributed by atoms with Crippen LogP contribution in [-0.4, -0.2) is 47.5 Å². The molecule has 6 nitrogen and oxygen atoms in total. The van der Waals surface area contributed by atoms with Crippen LogP contribution in [0.1, 0.15) is 38.2 Å². The maximum atomic E-state index is 12.6. The molecular formula is C20H26N2O4. The molecule has 2 unspecified atom stereocenters. The number of allylic oxidation sites excluding steroid dienone is 1. The predicted octanol–water partition coefficient (Wildman–Crippen LogP) is 3.95. The van der Waals surface area contributed by atoms with Crippen molar-refractivity contribution < 1.29 is 19.1 Å². The van der Waals surface area contributed by atoms with Crippen LogP contribution < -0.4 is 0 Å². The van der Waals surface area contributed by atoms with Crippen molar-refractivity contribution in [3.63, 3.8) is 0 Å². The first-order valence-corrected chi connectivity index (χ1v) is 9.21. The summed E-state index contributed by atoms with van der Waals surface area (Å²) in [6, 6.07) is 9.92. The Hall–Kier alpha value is -2.50. The first-order chi connectivity index (χ1) is 12.6. The van der Waals surface area contributed by atoms with Crippen molar-refractivity contribution >= 4 is 12.2 Å². The van der Waals surface area contributed by atoms with E-state index in [4.69, 9.17) is 9.47 Å². The highest BCUT2D eigenvalue weighted by Gasteiger charge is 2.60. The fourth-order valence-electron chi connectivity index (χ4n) is 4.41. The normalized spacial score (nSPS) is 26.7. The molecule has 1 saturated carbocycles. The molecule has 2 bridgehead atoms. The number of nitrogens with zero attached hydrogens (tertiary/aromatic N) is 2. The van der Waals surface area contributed by atoms with Crippen LogP contribution in [0.15, 0.2) is 43.0 Å². The van der Waals surface area contributed by atoms with Gasteiger partial charge in [0.25, 0.3) is 0 Å². The molecule has 2 aliphatic rings. The van der Waals surface area contributed by atoms with Gasteiger partial charge in [0.2, 0.25) is 0 Å². The van der Waals surface area contributed by atoms with E-state index in [1.165, 1.54) is 15.6 Å². The Labute approximate surface area is 154 Å². The average molecular weight is 358 g/mol. The Morgan fingerprint density at radius 2 is 1.65 bits per heavy atom. The van der Waals surface area contributed by atoms with Gasteiger partial charge in [-0.3, -0.25) is 0 Å². The van der Waals surface area contributed by atoms with Crippen LogP contribution in [0.4, 0.5) is 9.59 Å². The third kappa shape index (κ3) is 3.04. The summed E-state index contributed by atoms with van der Waals surface area (Å²) in [5.41, 5.74) is 1.17. The van der Waals surface area contributed by atoms with Crippen molar-refractivity contribution in [2.24, 2.45) is 5.92 Å². The topological polar surface area (TPSA) is 59.1 Å². The number of fused-ring (bicyclic) bond motifs is 2. The molecule has 2 amide bonds. The minimum atomic E-state index is -0.494. The first-order valence-electron chi connectivity index (χ1n) is 9.21. The van der Waals surface area contributed by atoms with Crippen LogP contribution in [0.25, 0.3) is 0 Å². The van der Waals surface area contributed by atoms with E-state index in [1.807, 2.05) is 24.3 Å². The summed E-state index contributed by atoms with van der Waals surface area (Å²) in [7, 11) is 0. The van der Waals surface area contributed by atoms with Gasteiger partial charge in [-0.2, -0.15) is 0 Å². The van der Waals surface area contributed by atoms with Crippen molar-refractivity contribution in [2.75, 3.05) is 13.2 Å². The maximum absolute atomic E-state index is 12.6. The van der Waals surface area contributed by atoms with Crippen molar-refractivity contribution in [3.05, 3.63) is 48.6 Å². The molecule has 2 fully saturated rings. The van der Waals surface area contributed by atoms with Gasteiger partial charge in [0.1, 0.15) is 0 Å². The zero-order valence-electron chi connectivity index (χ0n) is 15.3. The Balaban J connectivity index is 1.99. The molecule has 0 radical (unpaired) electrons. The number of hydrogen-bond acceptors (Lipinski definition) is 4. The van der Waals surface area contributed by atoms with Gasteiger partial charge in [-0.15, -0.1) is 6.58 Å². The van der Waals surface area contributed by atoms with Crippen molar-refractivity contribution in [1.82, 2.24) is 10.0 Å². The number of carbonyl (C=O) groups excluding carboxylic acids is 2. The summed E-state index contributed by atoms with van der Waals surface area (Å²) in [5.74, 6) is 0.323. The number of amides is 2. The van der Waals surface area contributed by atoms with E-state index in [2.05, 4.69) is 18.7 Å². The Kier molecular flexibility index (Phi) is 5.49. The molecule has 4 atom stereocenters. The van der Waals surface area contributed by atoms with Crippen molar-refractivity contribution in [3.8, 4) is 0 Å². The van der Waals surface area contributed by atoms with E-state index in [0.717, 1.165) is 12.8 Å². The molecule has 1 heterocycles. The highest BCUT2D eigenvalue weighted by molar-refractivity contribution is 5.76. The van der Waals surface area contributed by atoms with Gasteiger partial charge in [-0.1, -0.05) is 36.4 Å². The Morgan fingerprint density at radius 3 is 2.19 bits per heavy atom. The Morgan fingerprint density at radius 1 is 1.08 bits per heavy atom. The predicted molar refractivity (Wildman–Crippen MR) is 97.4 cm³/mol. The van der Waals surface area contributed by atoms with Crippen LogP contribution in [0.3, 0.4) is 0 Å². The number of benzene rings is 1. The molecule has 6 heteroatoms. The summed E-state index contributed by atoms with van der Waals surface area (Å²) in [6.45, 7) is 7.93. The van der Waals surface area contributed by atoms with Gasteiger partial charge in [-0.25, -0.2) is 19.6 Å². The van der Waals surface area contributed by atoms with E-state index in [1.54, 1.807) is 13.8 Å². The van der Waals surface area contributed by atoms with E-state index < -0.39 is 12.2 Å². The lowest BCUT2D eigenvalue weighted by Gasteiger charge is -2.44. The zero-order valence-corrected chi connectivity index (χ0v) is 15.3. The molecule has 3 rings (SSSR count). The summed E-state index contributed by atoms with van der Waals surface area (Å²) in [6.07, 6.45) is 2.39.